The van der Waals surface area contributed by atoms with Crippen LogP contribution in [0.1, 0.15) is 48.1 Å². The summed E-state index contributed by atoms with van der Waals surface area (Å²) < 4.78 is 63.0. The molecule has 2 aliphatic rings. The van der Waals surface area contributed by atoms with Crippen molar-refractivity contribution >= 4 is 11.5 Å². The van der Waals surface area contributed by atoms with Crippen molar-refractivity contribution in [2.24, 2.45) is 5.92 Å². The molecule has 0 unspecified atom stereocenters. The van der Waals surface area contributed by atoms with E-state index in [1.54, 1.807) is 6.92 Å². The lowest BCUT2D eigenvalue weighted by Crippen LogP contribution is -2.49. The highest BCUT2D eigenvalue weighted by molar-refractivity contribution is 5.79. The maximum Gasteiger partial charge on any atom is 0.307 e. The van der Waals surface area contributed by atoms with Crippen LogP contribution in [0.25, 0.3) is 5.57 Å². The van der Waals surface area contributed by atoms with Gasteiger partial charge in [0, 0.05) is 18.7 Å². The fraction of sp³-hybridized carbons (Fsp3) is 0.483. The third kappa shape index (κ3) is 5.73. The van der Waals surface area contributed by atoms with Crippen LogP contribution in [0.2, 0.25) is 0 Å². The molecule has 0 saturated carbocycles. The molecule has 0 amide bonds. The van der Waals surface area contributed by atoms with Gasteiger partial charge < -0.3 is 15.2 Å². The summed E-state index contributed by atoms with van der Waals surface area (Å²) in [6, 6.07) is 8.28. The van der Waals surface area contributed by atoms with E-state index in [9.17, 15) is 23.1 Å². The van der Waals surface area contributed by atoms with Gasteiger partial charge in [-0.05, 0) is 72.7 Å². The molecule has 38 heavy (non-hydrogen) atoms. The molecule has 2 aromatic rings. The Kier molecular flexibility index (Phi) is 9.10. The normalized spacial score (nSPS) is 20.0. The zero-order valence-corrected chi connectivity index (χ0v) is 21.7. The van der Waals surface area contributed by atoms with Gasteiger partial charge in [-0.1, -0.05) is 31.2 Å². The number of alkyl halides is 3. The lowest BCUT2D eigenvalue weighted by molar-refractivity contribution is -0.142. The van der Waals surface area contributed by atoms with Crippen LogP contribution in [0, 0.1) is 18.7 Å². The average Bonchev–Trinajstić information content (AvgIpc) is 3.26. The quantitative estimate of drug-likeness (QED) is 0.275. The van der Waals surface area contributed by atoms with E-state index < -0.39 is 42.9 Å². The first-order chi connectivity index (χ1) is 18.2. The topological polar surface area (TPSA) is 61.8 Å². The number of ether oxygens (including phenoxy) is 1. The van der Waals surface area contributed by atoms with Crippen LogP contribution in [0.4, 0.5) is 17.6 Å². The van der Waals surface area contributed by atoms with Crippen LogP contribution >= 0.6 is 0 Å². The number of nitrogens with one attached hydrogen (secondary N) is 1. The molecule has 2 aromatic carbocycles. The molecule has 2 N–H and O–H groups in total. The van der Waals surface area contributed by atoms with Gasteiger partial charge in [-0.15, -0.1) is 0 Å². The Bertz CT molecular complexity index is 1190. The zero-order valence-electron chi connectivity index (χ0n) is 21.7. The maximum absolute atomic E-state index is 15.7. The smallest absolute Gasteiger partial charge is 0.307 e. The number of halogens is 4. The van der Waals surface area contributed by atoms with Gasteiger partial charge in [-0.2, -0.15) is 0 Å². The summed E-state index contributed by atoms with van der Waals surface area (Å²) in [5.41, 5.74) is 4.23. The molecular weight excluding hydrogens is 500 g/mol. The van der Waals surface area contributed by atoms with Gasteiger partial charge in [-0.3, -0.25) is 14.1 Å². The van der Waals surface area contributed by atoms with E-state index in [1.165, 1.54) is 24.0 Å². The molecule has 0 bridgehead atoms. The predicted molar refractivity (Wildman–Crippen MR) is 138 cm³/mol. The third-order valence-electron chi connectivity index (χ3n) is 7.52. The largest absolute Gasteiger partial charge is 0.492 e. The summed E-state index contributed by atoms with van der Waals surface area (Å²) in [5.74, 6) is -2.15. The summed E-state index contributed by atoms with van der Waals surface area (Å²) in [7, 11) is 0. The van der Waals surface area contributed by atoms with Crippen LogP contribution in [0.5, 0.6) is 5.75 Å². The predicted octanol–water partition coefficient (Wildman–Crippen LogP) is 5.57. The molecule has 206 valence electrons. The van der Waals surface area contributed by atoms with E-state index in [0.717, 1.165) is 22.3 Å². The van der Waals surface area contributed by atoms with Crippen molar-refractivity contribution in [1.29, 1.82) is 0 Å². The number of carboxylic acids is 1. The second-order valence-corrected chi connectivity index (χ2v) is 10.0. The van der Waals surface area contributed by atoms with Crippen molar-refractivity contribution in [2.75, 3.05) is 32.9 Å². The van der Waals surface area contributed by atoms with Gasteiger partial charge in [0.2, 0.25) is 0 Å². The number of aliphatic carboxylic acids is 1. The first kappa shape index (κ1) is 28.1. The number of hydrogen-bond acceptors (Lipinski definition) is 4. The summed E-state index contributed by atoms with van der Waals surface area (Å²) in [6.07, 6.45) is -1.81. The number of nitrogens with zero attached hydrogens (tertiary/aromatic N) is 1. The van der Waals surface area contributed by atoms with E-state index in [4.69, 9.17) is 4.74 Å². The summed E-state index contributed by atoms with van der Waals surface area (Å²) in [6.45, 7) is 3.88. The summed E-state index contributed by atoms with van der Waals surface area (Å²) in [5, 5.41) is 12.7. The fourth-order valence-corrected chi connectivity index (χ4v) is 5.60. The highest BCUT2D eigenvalue weighted by Crippen LogP contribution is 2.51. The molecule has 4 rings (SSSR count). The lowest BCUT2D eigenvalue weighted by atomic mass is 9.82. The summed E-state index contributed by atoms with van der Waals surface area (Å²) in [4.78, 5) is 13.2. The Morgan fingerprint density at radius 1 is 1.21 bits per heavy atom. The average molecular weight is 535 g/mol. The molecule has 1 heterocycles. The van der Waals surface area contributed by atoms with Gasteiger partial charge in [-0.25, -0.2) is 13.2 Å². The monoisotopic (exact) mass is 534 g/mol. The number of fused-ring (bicyclic) bond motifs is 2. The highest BCUT2D eigenvalue weighted by atomic mass is 19.3. The SMILES string of the molecule is Cc1c(OCCNCCCF)ccc(F)c1[C@@H]1C2=C(C[C@@H](C(F)F)N1C[C@H](C)C(=O)O)c1ccccc1C2. The molecule has 3 atom stereocenters. The molecule has 1 aliphatic carbocycles. The molecule has 0 aromatic heterocycles. The van der Waals surface area contributed by atoms with Crippen LogP contribution in [0.3, 0.4) is 0 Å². The van der Waals surface area contributed by atoms with Crippen molar-refractivity contribution < 1.29 is 32.2 Å². The lowest BCUT2D eigenvalue weighted by Gasteiger charge is -2.44. The van der Waals surface area contributed by atoms with Gasteiger partial charge >= 0.3 is 5.97 Å². The number of carbonyl (C=O) groups is 1. The van der Waals surface area contributed by atoms with Crippen LogP contribution < -0.4 is 10.1 Å². The first-order valence-corrected chi connectivity index (χ1v) is 13.0. The zero-order chi connectivity index (χ0) is 27.4. The van der Waals surface area contributed by atoms with Gasteiger partial charge in [0.15, 0.2) is 0 Å². The molecule has 5 nitrogen and oxygen atoms in total. The maximum atomic E-state index is 15.7. The number of carboxylic acid groups (broad SMARTS) is 1. The Balaban J connectivity index is 1.76. The Morgan fingerprint density at radius 2 is 1.97 bits per heavy atom. The van der Waals surface area contributed by atoms with Crippen molar-refractivity contribution in [3.63, 3.8) is 0 Å². The minimum atomic E-state index is -2.75. The van der Waals surface area contributed by atoms with E-state index in [1.807, 2.05) is 24.3 Å². The minimum Gasteiger partial charge on any atom is -0.492 e. The van der Waals surface area contributed by atoms with Crippen LogP contribution in [-0.4, -0.2) is 61.4 Å². The second kappa shape index (κ2) is 12.3. The fourth-order valence-electron chi connectivity index (χ4n) is 5.60. The molecular formula is C29H34F4N2O3. The number of benzene rings is 2. The third-order valence-corrected chi connectivity index (χ3v) is 7.52. The number of rotatable bonds is 12. The Hall–Kier alpha value is -2.91. The van der Waals surface area contributed by atoms with E-state index in [-0.39, 0.29) is 25.1 Å². The van der Waals surface area contributed by atoms with Crippen molar-refractivity contribution in [3.05, 3.63) is 70.0 Å². The molecule has 1 aliphatic heterocycles. The van der Waals surface area contributed by atoms with Gasteiger partial charge in [0.05, 0.1) is 24.7 Å². The summed E-state index contributed by atoms with van der Waals surface area (Å²) >= 11 is 0. The van der Waals surface area contributed by atoms with Gasteiger partial charge in [0.25, 0.3) is 6.43 Å². The Morgan fingerprint density at radius 3 is 2.68 bits per heavy atom. The minimum absolute atomic E-state index is 0.0637. The Labute approximate surface area is 220 Å². The number of hydrogen-bond donors (Lipinski definition) is 2. The van der Waals surface area contributed by atoms with Crippen molar-refractivity contribution in [2.45, 2.75) is 51.6 Å². The molecule has 0 fully saturated rings. The molecule has 9 heteroatoms. The van der Waals surface area contributed by atoms with Crippen LogP contribution in [0.15, 0.2) is 42.0 Å². The molecule has 0 spiro atoms. The highest BCUT2D eigenvalue weighted by Gasteiger charge is 2.45. The molecule has 0 saturated heterocycles. The van der Waals surface area contributed by atoms with E-state index in [2.05, 4.69) is 5.32 Å². The van der Waals surface area contributed by atoms with E-state index >= 15 is 4.39 Å². The van der Waals surface area contributed by atoms with Gasteiger partial charge in [0.1, 0.15) is 18.2 Å². The first-order valence-electron chi connectivity index (χ1n) is 13.0. The second-order valence-electron chi connectivity index (χ2n) is 10.0. The van der Waals surface area contributed by atoms with Crippen molar-refractivity contribution in [1.82, 2.24) is 10.2 Å². The van der Waals surface area contributed by atoms with Crippen molar-refractivity contribution in [3.8, 4) is 5.75 Å². The van der Waals surface area contributed by atoms with E-state index in [0.29, 0.717) is 37.2 Å². The standard InChI is InChI=1S/C29H34F4N2O3/c1-17(29(36)37)16-35-24(28(32)33)15-21-20-7-4-3-6-19(20)14-22(21)27(35)26-18(2)25(9-8-23(26)31)38-13-12-34-11-5-10-30/h3-4,6-9,17,24,27-28,34H,5,10-16H2,1-2H3,(H,36,37)/t17-,24-,27-/m0/s1. The molecule has 0 radical (unpaired) electrons. The van der Waals surface area contributed by atoms with Crippen LogP contribution in [-0.2, 0) is 11.2 Å².